The van der Waals surface area contributed by atoms with Crippen molar-refractivity contribution in [2.24, 2.45) is 0 Å². The van der Waals surface area contributed by atoms with Crippen molar-refractivity contribution in [2.45, 2.75) is 23.8 Å². The first-order valence-electron chi connectivity index (χ1n) is 7.05. The maximum atomic E-state index is 13.6. The largest absolute Gasteiger partial charge is 0.381 e. The van der Waals surface area contributed by atoms with E-state index in [0.29, 0.717) is 19.3 Å². The zero-order chi connectivity index (χ0) is 16.4. The Morgan fingerprint density at radius 2 is 2.00 bits per heavy atom. The molecule has 6 nitrogen and oxygen atoms in total. The Hall–Kier alpha value is -2.00. The van der Waals surface area contributed by atoms with Crippen LogP contribution >= 0.6 is 0 Å². The number of nitrogens with one attached hydrogen (secondary N) is 1. The lowest BCUT2D eigenvalue weighted by Crippen LogP contribution is -2.20. The maximum absolute atomic E-state index is 13.6. The summed E-state index contributed by atoms with van der Waals surface area (Å²) in [5, 5.41) is 4.12. The molecule has 0 unspecified atom stereocenters. The molecule has 0 bridgehead atoms. The van der Waals surface area contributed by atoms with Crippen molar-refractivity contribution in [1.82, 2.24) is 9.78 Å². The highest BCUT2D eigenvalue weighted by Crippen LogP contribution is 2.23. The van der Waals surface area contributed by atoms with Crippen molar-refractivity contribution >= 4 is 15.7 Å². The number of anilines is 1. The van der Waals surface area contributed by atoms with E-state index in [2.05, 4.69) is 9.82 Å². The first kappa shape index (κ1) is 15.9. The van der Waals surface area contributed by atoms with E-state index in [9.17, 15) is 17.2 Å². The van der Waals surface area contributed by atoms with Crippen LogP contribution in [0.3, 0.4) is 0 Å². The lowest BCUT2D eigenvalue weighted by Gasteiger charge is -2.22. The predicted octanol–water partition coefficient (Wildman–Crippen LogP) is 2.31. The fourth-order valence-corrected chi connectivity index (χ4v) is 3.55. The van der Waals surface area contributed by atoms with Gasteiger partial charge in [-0.3, -0.25) is 9.40 Å². The standard InChI is InChI=1S/C14H15F2N3O3S/c15-10-1-2-13(16)14(7-10)23(20,21)18-11-8-17-19(9-11)12-3-5-22-6-4-12/h1-2,7-9,12,18H,3-6H2. The number of aromatic nitrogens is 2. The third-order valence-corrected chi connectivity index (χ3v) is 5.00. The Labute approximate surface area is 132 Å². The predicted molar refractivity (Wildman–Crippen MR) is 78.5 cm³/mol. The highest BCUT2D eigenvalue weighted by Gasteiger charge is 2.22. The van der Waals surface area contributed by atoms with Crippen molar-refractivity contribution in [3.05, 3.63) is 42.2 Å². The third-order valence-electron chi connectivity index (χ3n) is 3.60. The first-order valence-corrected chi connectivity index (χ1v) is 8.54. The normalized spacial score (nSPS) is 16.4. The van der Waals surface area contributed by atoms with Crippen LogP contribution < -0.4 is 4.72 Å². The molecule has 0 saturated carbocycles. The summed E-state index contributed by atoms with van der Waals surface area (Å²) in [5.74, 6) is -1.85. The Morgan fingerprint density at radius 3 is 2.74 bits per heavy atom. The summed E-state index contributed by atoms with van der Waals surface area (Å²) < 4.78 is 60.3. The quantitative estimate of drug-likeness (QED) is 0.925. The molecule has 1 aromatic carbocycles. The van der Waals surface area contributed by atoms with Crippen LogP contribution in [0.2, 0.25) is 0 Å². The molecule has 1 N–H and O–H groups in total. The second-order valence-corrected chi connectivity index (χ2v) is 6.88. The fourth-order valence-electron chi connectivity index (χ4n) is 2.43. The van der Waals surface area contributed by atoms with E-state index in [-0.39, 0.29) is 11.7 Å². The van der Waals surface area contributed by atoms with Crippen LogP contribution in [0.4, 0.5) is 14.5 Å². The summed E-state index contributed by atoms with van der Waals surface area (Å²) in [6.07, 6.45) is 4.44. The molecule has 124 valence electrons. The molecular weight excluding hydrogens is 328 g/mol. The molecule has 9 heteroatoms. The van der Waals surface area contributed by atoms with Gasteiger partial charge in [0.2, 0.25) is 0 Å². The molecule has 0 spiro atoms. The van der Waals surface area contributed by atoms with E-state index in [1.54, 1.807) is 4.68 Å². The monoisotopic (exact) mass is 343 g/mol. The Balaban J connectivity index is 1.81. The van der Waals surface area contributed by atoms with Gasteiger partial charge in [0.15, 0.2) is 0 Å². The highest BCUT2D eigenvalue weighted by atomic mass is 32.2. The van der Waals surface area contributed by atoms with Crippen LogP contribution in [0, 0.1) is 11.6 Å². The summed E-state index contributed by atoms with van der Waals surface area (Å²) in [6, 6.07) is 2.40. The van der Waals surface area contributed by atoms with E-state index >= 15 is 0 Å². The van der Waals surface area contributed by atoms with Crippen LogP contribution in [0.1, 0.15) is 18.9 Å². The number of ether oxygens (including phenoxy) is 1. The summed E-state index contributed by atoms with van der Waals surface area (Å²) in [6.45, 7) is 1.25. The average molecular weight is 343 g/mol. The van der Waals surface area contributed by atoms with Gasteiger partial charge in [-0.1, -0.05) is 0 Å². The van der Waals surface area contributed by atoms with Crippen molar-refractivity contribution in [2.75, 3.05) is 17.9 Å². The second-order valence-electron chi connectivity index (χ2n) is 5.23. The SMILES string of the molecule is O=S(=O)(Nc1cnn(C2CCOCC2)c1)c1cc(F)ccc1F. The Kier molecular flexibility index (Phi) is 4.31. The number of hydrogen-bond acceptors (Lipinski definition) is 4. The van der Waals surface area contributed by atoms with E-state index in [4.69, 9.17) is 4.74 Å². The molecule has 0 aliphatic carbocycles. The Morgan fingerprint density at radius 1 is 1.26 bits per heavy atom. The minimum atomic E-state index is -4.23. The highest BCUT2D eigenvalue weighted by molar-refractivity contribution is 7.92. The van der Waals surface area contributed by atoms with E-state index in [1.165, 1.54) is 12.4 Å². The number of hydrogen-bond donors (Lipinski definition) is 1. The molecule has 3 rings (SSSR count). The van der Waals surface area contributed by atoms with Crippen LogP contribution in [-0.2, 0) is 14.8 Å². The molecule has 0 atom stereocenters. The van der Waals surface area contributed by atoms with Crippen molar-refractivity contribution in [3.8, 4) is 0 Å². The van der Waals surface area contributed by atoms with Gasteiger partial charge in [0.05, 0.1) is 17.9 Å². The lowest BCUT2D eigenvalue weighted by molar-refractivity contribution is 0.0662. The molecule has 2 heterocycles. The first-order chi connectivity index (χ1) is 11.0. The van der Waals surface area contributed by atoms with Gasteiger partial charge in [-0.25, -0.2) is 17.2 Å². The summed E-state index contributed by atoms with van der Waals surface area (Å²) >= 11 is 0. The number of nitrogens with zero attached hydrogens (tertiary/aromatic N) is 2. The number of halogens is 2. The van der Waals surface area contributed by atoms with Gasteiger partial charge in [-0.15, -0.1) is 0 Å². The van der Waals surface area contributed by atoms with Crippen molar-refractivity contribution in [1.29, 1.82) is 0 Å². The summed E-state index contributed by atoms with van der Waals surface area (Å²) in [5.41, 5.74) is 0.195. The zero-order valence-corrected chi connectivity index (χ0v) is 12.9. The summed E-state index contributed by atoms with van der Waals surface area (Å²) in [7, 11) is -4.23. The molecule has 1 aliphatic rings. The van der Waals surface area contributed by atoms with Gasteiger partial charge in [-0.05, 0) is 31.0 Å². The minimum Gasteiger partial charge on any atom is -0.381 e. The van der Waals surface area contributed by atoms with Gasteiger partial charge in [0.25, 0.3) is 10.0 Å². The zero-order valence-electron chi connectivity index (χ0n) is 12.1. The average Bonchev–Trinajstić information content (AvgIpc) is 2.98. The molecule has 1 saturated heterocycles. The third kappa shape index (κ3) is 3.50. The number of sulfonamides is 1. The number of benzene rings is 1. The lowest BCUT2D eigenvalue weighted by atomic mass is 10.1. The van der Waals surface area contributed by atoms with Crippen LogP contribution in [0.15, 0.2) is 35.5 Å². The molecule has 0 amide bonds. The smallest absolute Gasteiger partial charge is 0.265 e. The molecule has 1 aromatic heterocycles. The summed E-state index contributed by atoms with van der Waals surface area (Å²) in [4.78, 5) is -0.740. The van der Waals surface area contributed by atoms with E-state index < -0.39 is 26.6 Å². The Bertz CT molecular complexity index is 801. The van der Waals surface area contributed by atoms with Gasteiger partial charge in [0, 0.05) is 19.4 Å². The molecule has 1 fully saturated rings. The van der Waals surface area contributed by atoms with Gasteiger partial charge in [0.1, 0.15) is 16.5 Å². The fraction of sp³-hybridized carbons (Fsp3) is 0.357. The van der Waals surface area contributed by atoms with Gasteiger partial charge in [-0.2, -0.15) is 5.10 Å². The molecule has 23 heavy (non-hydrogen) atoms. The molecule has 2 aromatic rings. The topological polar surface area (TPSA) is 73.2 Å². The molecular formula is C14H15F2N3O3S. The second kappa shape index (κ2) is 6.25. The van der Waals surface area contributed by atoms with Crippen molar-refractivity contribution < 1.29 is 21.9 Å². The van der Waals surface area contributed by atoms with Crippen molar-refractivity contribution in [3.63, 3.8) is 0 Å². The van der Waals surface area contributed by atoms with Crippen LogP contribution in [0.5, 0.6) is 0 Å². The van der Waals surface area contributed by atoms with Crippen LogP contribution in [-0.4, -0.2) is 31.4 Å². The minimum absolute atomic E-state index is 0.132. The van der Waals surface area contributed by atoms with Gasteiger partial charge >= 0.3 is 0 Å². The van der Waals surface area contributed by atoms with E-state index in [1.807, 2.05) is 0 Å². The molecule has 0 radical (unpaired) electrons. The van der Waals surface area contributed by atoms with E-state index in [0.717, 1.165) is 25.0 Å². The number of rotatable bonds is 4. The van der Waals surface area contributed by atoms with Gasteiger partial charge < -0.3 is 4.74 Å². The molecule has 1 aliphatic heterocycles. The maximum Gasteiger partial charge on any atom is 0.265 e. The van der Waals surface area contributed by atoms with Crippen LogP contribution in [0.25, 0.3) is 0 Å².